The van der Waals surface area contributed by atoms with E-state index in [0.717, 1.165) is 47.2 Å². The summed E-state index contributed by atoms with van der Waals surface area (Å²) >= 11 is 0. The van der Waals surface area contributed by atoms with Gasteiger partial charge in [-0.25, -0.2) is 4.98 Å². The highest BCUT2D eigenvalue weighted by Gasteiger charge is 2.43. The first-order valence-electron chi connectivity index (χ1n) is 9.56. The second kappa shape index (κ2) is 6.83. The van der Waals surface area contributed by atoms with Crippen LogP contribution in [0.5, 0.6) is 5.75 Å². The predicted octanol–water partition coefficient (Wildman–Crippen LogP) is 4.67. The van der Waals surface area contributed by atoms with Gasteiger partial charge in [0, 0.05) is 12.6 Å². The summed E-state index contributed by atoms with van der Waals surface area (Å²) in [5.41, 5.74) is 1.98. The van der Waals surface area contributed by atoms with Crippen LogP contribution in [-0.4, -0.2) is 29.6 Å². The molecule has 134 valence electrons. The van der Waals surface area contributed by atoms with Crippen molar-refractivity contribution in [3.63, 3.8) is 0 Å². The lowest BCUT2D eigenvalue weighted by atomic mass is 10.1. The van der Waals surface area contributed by atoms with Crippen LogP contribution in [0.25, 0.3) is 11.5 Å². The highest BCUT2D eigenvalue weighted by molar-refractivity contribution is 5.63. The summed E-state index contributed by atoms with van der Waals surface area (Å²) in [7, 11) is 2.25. The first kappa shape index (κ1) is 16.6. The number of benzene rings is 1. The molecule has 0 radical (unpaired) electrons. The maximum absolute atomic E-state index is 6.00. The highest BCUT2D eigenvalue weighted by Crippen LogP contribution is 2.47. The Bertz CT molecular complexity index is 719. The molecule has 0 atom stereocenters. The monoisotopic (exact) mass is 340 g/mol. The molecule has 0 saturated heterocycles. The largest absolute Gasteiger partial charge is 0.493 e. The number of rotatable bonds is 8. The number of hydrogen-bond donors (Lipinski definition) is 0. The van der Waals surface area contributed by atoms with Crippen LogP contribution in [0.3, 0.4) is 0 Å². The van der Waals surface area contributed by atoms with Crippen molar-refractivity contribution in [2.24, 2.45) is 11.8 Å². The number of nitrogens with zero attached hydrogens (tertiary/aromatic N) is 2. The molecule has 2 fully saturated rings. The number of aromatic nitrogens is 1. The molecule has 2 saturated carbocycles. The number of aryl methyl sites for hydroxylation is 1. The summed E-state index contributed by atoms with van der Waals surface area (Å²) in [6.45, 7) is 5.51. The van der Waals surface area contributed by atoms with Gasteiger partial charge >= 0.3 is 0 Å². The lowest BCUT2D eigenvalue weighted by Crippen LogP contribution is -2.35. The Hall–Kier alpha value is -1.81. The molecular formula is C21H28N2O2. The van der Waals surface area contributed by atoms with Crippen molar-refractivity contribution < 1.29 is 9.15 Å². The number of ether oxygens (including phenoxy) is 1. The minimum Gasteiger partial charge on any atom is -0.493 e. The van der Waals surface area contributed by atoms with Crippen LogP contribution in [0.1, 0.15) is 44.1 Å². The van der Waals surface area contributed by atoms with Crippen LogP contribution in [-0.2, 0) is 6.54 Å². The molecule has 0 aliphatic heterocycles. The predicted molar refractivity (Wildman–Crippen MR) is 98.5 cm³/mol. The lowest BCUT2D eigenvalue weighted by Gasteiger charge is -2.27. The third-order valence-electron chi connectivity index (χ3n) is 5.43. The minimum atomic E-state index is 0.636. The van der Waals surface area contributed by atoms with Gasteiger partial charge in [-0.1, -0.05) is 12.1 Å². The van der Waals surface area contributed by atoms with Gasteiger partial charge in [-0.3, -0.25) is 4.90 Å². The summed E-state index contributed by atoms with van der Waals surface area (Å²) in [6, 6.07) is 8.70. The van der Waals surface area contributed by atoms with E-state index in [2.05, 4.69) is 11.9 Å². The molecule has 0 spiro atoms. The van der Waals surface area contributed by atoms with Crippen LogP contribution in [0.2, 0.25) is 0 Å². The topological polar surface area (TPSA) is 38.5 Å². The van der Waals surface area contributed by atoms with Gasteiger partial charge in [0.15, 0.2) is 0 Å². The van der Waals surface area contributed by atoms with Gasteiger partial charge in [-0.15, -0.1) is 0 Å². The average Bonchev–Trinajstić information content (AvgIpc) is 3.51. The van der Waals surface area contributed by atoms with Crippen LogP contribution >= 0.6 is 0 Å². The van der Waals surface area contributed by atoms with Crippen molar-refractivity contribution in [3.8, 4) is 17.2 Å². The van der Waals surface area contributed by atoms with E-state index < -0.39 is 0 Å². The molecule has 2 aliphatic carbocycles. The Morgan fingerprint density at radius 3 is 2.52 bits per heavy atom. The van der Waals surface area contributed by atoms with Crippen LogP contribution in [0, 0.1) is 18.8 Å². The van der Waals surface area contributed by atoms with Crippen molar-refractivity contribution in [1.29, 1.82) is 0 Å². The Morgan fingerprint density at radius 1 is 1.20 bits per heavy atom. The molecule has 1 heterocycles. The third kappa shape index (κ3) is 3.59. The van der Waals surface area contributed by atoms with Crippen molar-refractivity contribution in [2.75, 3.05) is 13.7 Å². The van der Waals surface area contributed by atoms with Crippen molar-refractivity contribution in [1.82, 2.24) is 9.88 Å². The quantitative estimate of drug-likeness (QED) is 0.700. The first-order chi connectivity index (χ1) is 12.2. The minimum absolute atomic E-state index is 0.636. The molecule has 2 aliphatic rings. The standard InChI is InChI=1S/C21H28N2O2/c1-4-24-19-8-6-5-7-17(19)21-22-18(14(2)25-21)13-23(3)20(15-9-10-15)16-11-12-16/h5-8,15-16,20H,4,9-13H2,1-3H3. The van der Waals surface area contributed by atoms with Gasteiger partial charge in [0.25, 0.3) is 0 Å². The van der Waals surface area contributed by atoms with Gasteiger partial charge < -0.3 is 9.15 Å². The third-order valence-corrected chi connectivity index (χ3v) is 5.43. The van der Waals surface area contributed by atoms with Crippen LogP contribution in [0.4, 0.5) is 0 Å². The zero-order chi connectivity index (χ0) is 17.4. The number of para-hydroxylation sites is 1. The van der Waals surface area contributed by atoms with E-state index in [0.29, 0.717) is 12.5 Å². The summed E-state index contributed by atoms with van der Waals surface area (Å²) < 4.78 is 11.7. The van der Waals surface area contributed by atoms with E-state index in [-0.39, 0.29) is 0 Å². The van der Waals surface area contributed by atoms with Crippen molar-refractivity contribution in [3.05, 3.63) is 35.7 Å². The van der Waals surface area contributed by atoms with E-state index in [1.165, 1.54) is 25.7 Å². The Balaban J connectivity index is 1.54. The van der Waals surface area contributed by atoms with E-state index >= 15 is 0 Å². The molecule has 0 bridgehead atoms. The molecule has 25 heavy (non-hydrogen) atoms. The maximum Gasteiger partial charge on any atom is 0.230 e. The molecule has 0 N–H and O–H groups in total. The van der Waals surface area contributed by atoms with E-state index in [4.69, 9.17) is 14.1 Å². The van der Waals surface area contributed by atoms with E-state index in [9.17, 15) is 0 Å². The second-order valence-electron chi connectivity index (χ2n) is 7.53. The summed E-state index contributed by atoms with van der Waals surface area (Å²) in [4.78, 5) is 7.33. The van der Waals surface area contributed by atoms with Crippen LogP contribution < -0.4 is 4.74 Å². The molecule has 2 aromatic rings. The fraction of sp³-hybridized carbons (Fsp3) is 0.571. The molecule has 0 amide bonds. The van der Waals surface area contributed by atoms with Gasteiger partial charge in [-0.05, 0) is 70.5 Å². The summed E-state index contributed by atoms with van der Waals surface area (Å²) in [5.74, 6) is 4.23. The van der Waals surface area contributed by atoms with Gasteiger partial charge in [0.1, 0.15) is 11.5 Å². The Morgan fingerprint density at radius 2 is 1.88 bits per heavy atom. The van der Waals surface area contributed by atoms with Gasteiger partial charge in [-0.2, -0.15) is 0 Å². The maximum atomic E-state index is 6.00. The molecule has 1 aromatic carbocycles. The molecule has 4 rings (SSSR count). The molecular weight excluding hydrogens is 312 g/mol. The summed E-state index contributed by atoms with van der Waals surface area (Å²) in [6.07, 6.45) is 5.60. The zero-order valence-electron chi connectivity index (χ0n) is 15.5. The fourth-order valence-corrected chi connectivity index (χ4v) is 3.94. The Labute approximate surface area is 150 Å². The Kier molecular flexibility index (Phi) is 4.55. The fourth-order valence-electron chi connectivity index (χ4n) is 3.94. The number of oxazole rings is 1. The van der Waals surface area contributed by atoms with E-state index in [1.807, 2.05) is 38.1 Å². The molecule has 0 unspecified atom stereocenters. The molecule has 1 aromatic heterocycles. The smallest absolute Gasteiger partial charge is 0.230 e. The molecule has 4 heteroatoms. The van der Waals surface area contributed by atoms with Crippen LogP contribution in [0.15, 0.2) is 28.7 Å². The normalized spacial score (nSPS) is 17.5. The average molecular weight is 340 g/mol. The number of hydrogen-bond acceptors (Lipinski definition) is 4. The van der Waals surface area contributed by atoms with Gasteiger partial charge in [0.05, 0.1) is 17.9 Å². The lowest BCUT2D eigenvalue weighted by molar-refractivity contribution is 0.184. The second-order valence-corrected chi connectivity index (χ2v) is 7.53. The van der Waals surface area contributed by atoms with Gasteiger partial charge in [0.2, 0.25) is 5.89 Å². The first-order valence-corrected chi connectivity index (χ1v) is 9.56. The van der Waals surface area contributed by atoms with Crippen molar-refractivity contribution >= 4 is 0 Å². The SMILES string of the molecule is CCOc1ccccc1-c1nc(CN(C)C(C2CC2)C2CC2)c(C)o1. The van der Waals surface area contributed by atoms with E-state index in [1.54, 1.807) is 0 Å². The highest BCUT2D eigenvalue weighted by atomic mass is 16.5. The summed E-state index contributed by atoms with van der Waals surface area (Å²) in [5, 5.41) is 0. The van der Waals surface area contributed by atoms with Crippen molar-refractivity contribution in [2.45, 2.75) is 52.1 Å². The molecule has 4 nitrogen and oxygen atoms in total. The zero-order valence-corrected chi connectivity index (χ0v) is 15.5.